The molecule has 3 aliphatic rings. The van der Waals surface area contributed by atoms with Crippen molar-refractivity contribution in [2.45, 2.75) is 49.6 Å². The maximum absolute atomic E-state index is 13.3. The summed E-state index contributed by atoms with van der Waals surface area (Å²) in [5, 5.41) is -0.937. The molecule has 1 aromatic heterocycles. The van der Waals surface area contributed by atoms with Crippen LogP contribution >= 0.6 is 23.2 Å². The van der Waals surface area contributed by atoms with Crippen LogP contribution in [0.25, 0.3) is 5.70 Å². The Morgan fingerprint density at radius 2 is 2.03 bits per heavy atom. The molecule has 0 aromatic carbocycles. The highest BCUT2D eigenvalue weighted by Gasteiger charge is 2.48. The van der Waals surface area contributed by atoms with Crippen LogP contribution in [-0.2, 0) is 4.74 Å². The fourth-order valence-electron chi connectivity index (χ4n) is 4.74. The third-order valence-electron chi connectivity index (χ3n) is 6.68. The van der Waals surface area contributed by atoms with Crippen molar-refractivity contribution in [2.75, 3.05) is 31.7 Å². The number of hydrogen-bond acceptors (Lipinski definition) is 6. The van der Waals surface area contributed by atoms with Gasteiger partial charge in [-0.3, -0.25) is 9.36 Å². The summed E-state index contributed by atoms with van der Waals surface area (Å²) in [5.74, 6) is 1.32. The van der Waals surface area contributed by atoms with Crippen LogP contribution in [0.15, 0.2) is 23.0 Å². The Labute approximate surface area is 186 Å². The fraction of sp³-hybridized carbons (Fsp3) is 0.619. The summed E-state index contributed by atoms with van der Waals surface area (Å²) in [6.07, 6.45) is 7.24. The molecule has 2 saturated heterocycles. The number of halogens is 2. The summed E-state index contributed by atoms with van der Waals surface area (Å²) in [6.45, 7) is 5.99. The molecule has 2 N–H and O–H groups in total. The molecule has 2 aliphatic heterocycles. The van der Waals surface area contributed by atoms with Gasteiger partial charge >= 0.3 is 5.56 Å². The average molecular weight is 455 g/mol. The maximum Gasteiger partial charge on any atom is 0.302 e. The van der Waals surface area contributed by atoms with Crippen molar-refractivity contribution in [2.24, 2.45) is 11.1 Å². The molecule has 164 valence electrons. The highest BCUT2D eigenvalue weighted by molar-refractivity contribution is 6.34. The summed E-state index contributed by atoms with van der Waals surface area (Å²) >= 11 is 12.7. The first-order valence-corrected chi connectivity index (χ1v) is 11.1. The van der Waals surface area contributed by atoms with Crippen LogP contribution in [0.4, 0.5) is 5.82 Å². The lowest BCUT2D eigenvalue weighted by Gasteiger charge is -2.41. The first-order chi connectivity index (χ1) is 14.3. The van der Waals surface area contributed by atoms with Gasteiger partial charge in [-0.25, -0.2) is 4.98 Å². The molecule has 0 unspecified atom stereocenters. The predicted molar refractivity (Wildman–Crippen MR) is 120 cm³/mol. The summed E-state index contributed by atoms with van der Waals surface area (Å²) in [6, 6.07) is 0.0275. The molecule has 1 aliphatic carbocycles. The molecule has 1 aromatic rings. The number of anilines is 1. The number of allylic oxidation sites excluding steroid dienone is 4. The molecule has 2 fully saturated rings. The van der Waals surface area contributed by atoms with Gasteiger partial charge in [-0.1, -0.05) is 12.2 Å². The Morgan fingerprint density at radius 1 is 1.33 bits per heavy atom. The third kappa shape index (κ3) is 3.45. The quantitative estimate of drug-likeness (QED) is 0.706. The topological polar surface area (TPSA) is 82.6 Å². The zero-order chi connectivity index (χ0) is 21.6. The van der Waals surface area contributed by atoms with Crippen molar-refractivity contribution in [1.29, 1.82) is 0 Å². The molecular formula is C21H28Cl2N4O3. The minimum Gasteiger partial charge on any atom is -0.488 e. The van der Waals surface area contributed by atoms with E-state index in [-0.39, 0.29) is 28.9 Å². The number of aryl methyl sites for hydroxylation is 1. The number of ether oxygens (including phenoxy) is 2. The molecule has 0 bridgehead atoms. The molecule has 4 rings (SSSR count). The third-order valence-corrected chi connectivity index (χ3v) is 7.70. The molecule has 0 radical (unpaired) electrons. The molecule has 9 heteroatoms. The van der Waals surface area contributed by atoms with Crippen LogP contribution < -0.4 is 20.9 Å². The minimum atomic E-state index is -0.536. The number of nitrogens with two attached hydrogens (primary N) is 1. The Bertz CT molecular complexity index is 937. The van der Waals surface area contributed by atoms with Crippen LogP contribution in [0.2, 0.25) is 0 Å². The number of rotatable bonds is 3. The molecule has 0 saturated carbocycles. The van der Waals surface area contributed by atoms with Crippen LogP contribution in [0.5, 0.6) is 5.75 Å². The second-order valence-corrected chi connectivity index (χ2v) is 9.34. The lowest BCUT2D eigenvalue weighted by Crippen LogP contribution is -2.51. The van der Waals surface area contributed by atoms with Crippen molar-refractivity contribution in [1.82, 2.24) is 9.55 Å². The van der Waals surface area contributed by atoms with Crippen molar-refractivity contribution >= 4 is 34.7 Å². The van der Waals surface area contributed by atoms with Gasteiger partial charge in [0.15, 0.2) is 5.82 Å². The van der Waals surface area contributed by atoms with Gasteiger partial charge in [0.05, 0.1) is 30.6 Å². The zero-order valence-electron chi connectivity index (χ0n) is 17.5. The van der Waals surface area contributed by atoms with Crippen molar-refractivity contribution in [3.05, 3.63) is 34.4 Å². The molecule has 0 amide bonds. The van der Waals surface area contributed by atoms with E-state index in [1.165, 1.54) is 11.7 Å². The van der Waals surface area contributed by atoms with Crippen LogP contribution in [0.1, 0.15) is 25.6 Å². The lowest BCUT2D eigenvalue weighted by molar-refractivity contribution is 0.0973. The van der Waals surface area contributed by atoms with E-state index in [0.717, 1.165) is 25.9 Å². The number of methoxy groups -OCH3 is 1. The number of piperidine rings is 1. The van der Waals surface area contributed by atoms with Crippen LogP contribution in [0, 0.1) is 12.3 Å². The van der Waals surface area contributed by atoms with Gasteiger partial charge < -0.3 is 20.1 Å². The summed E-state index contributed by atoms with van der Waals surface area (Å²) < 4.78 is 12.8. The monoisotopic (exact) mass is 454 g/mol. The molecule has 3 heterocycles. The van der Waals surface area contributed by atoms with Gasteiger partial charge in [0, 0.05) is 30.2 Å². The summed E-state index contributed by atoms with van der Waals surface area (Å²) in [4.78, 5) is 20.2. The van der Waals surface area contributed by atoms with Gasteiger partial charge in [0.1, 0.15) is 5.82 Å². The summed E-state index contributed by atoms with van der Waals surface area (Å²) in [5.41, 5.74) is 6.74. The Hall–Kier alpha value is -1.54. The summed E-state index contributed by atoms with van der Waals surface area (Å²) in [7, 11) is 1.49. The fourth-order valence-corrected chi connectivity index (χ4v) is 5.21. The average Bonchev–Trinajstić information content (AvgIpc) is 3.00. The largest absolute Gasteiger partial charge is 0.488 e. The van der Waals surface area contributed by atoms with E-state index in [1.807, 2.05) is 6.92 Å². The highest BCUT2D eigenvalue weighted by Crippen LogP contribution is 2.42. The second-order valence-electron chi connectivity index (χ2n) is 8.37. The van der Waals surface area contributed by atoms with Gasteiger partial charge in [-0.15, -0.1) is 23.2 Å². The first kappa shape index (κ1) is 21.7. The number of hydrogen-bond donors (Lipinski definition) is 1. The first-order valence-electron chi connectivity index (χ1n) is 10.3. The second kappa shape index (κ2) is 8.19. The van der Waals surface area contributed by atoms with E-state index in [4.69, 9.17) is 43.4 Å². The van der Waals surface area contributed by atoms with E-state index < -0.39 is 10.8 Å². The molecular weight excluding hydrogens is 427 g/mol. The molecule has 7 nitrogen and oxygen atoms in total. The predicted octanol–water partition coefficient (Wildman–Crippen LogP) is 2.52. The van der Waals surface area contributed by atoms with Crippen molar-refractivity contribution < 1.29 is 9.47 Å². The smallest absolute Gasteiger partial charge is 0.302 e. The van der Waals surface area contributed by atoms with Gasteiger partial charge in [-0.05, 0) is 32.8 Å². The van der Waals surface area contributed by atoms with Crippen molar-refractivity contribution in [3.63, 3.8) is 0 Å². The van der Waals surface area contributed by atoms with E-state index in [0.29, 0.717) is 23.9 Å². The van der Waals surface area contributed by atoms with E-state index in [1.54, 1.807) is 25.2 Å². The van der Waals surface area contributed by atoms with Crippen molar-refractivity contribution in [3.8, 4) is 5.75 Å². The van der Waals surface area contributed by atoms with Crippen LogP contribution in [0.3, 0.4) is 0 Å². The maximum atomic E-state index is 13.3. The Morgan fingerprint density at radius 3 is 2.63 bits per heavy atom. The van der Waals surface area contributed by atoms with Gasteiger partial charge in [0.25, 0.3) is 0 Å². The number of alkyl halides is 2. The minimum absolute atomic E-state index is 0.00632. The SMILES string of the molecule is COc1c(N2CCC3(CC2)CO[C@@H](C)[C@H]3N)nc(C)n(C2=CC=C[C@H](Cl)[C@@H]2Cl)c1=O. The van der Waals surface area contributed by atoms with E-state index in [9.17, 15) is 4.79 Å². The Balaban J connectivity index is 1.66. The zero-order valence-corrected chi connectivity index (χ0v) is 19.0. The highest BCUT2D eigenvalue weighted by atomic mass is 35.5. The Kier molecular flexibility index (Phi) is 5.92. The molecule has 30 heavy (non-hydrogen) atoms. The number of aromatic nitrogens is 2. The lowest BCUT2D eigenvalue weighted by atomic mass is 9.73. The standard InChI is InChI=1S/C21H28Cl2N4O3/c1-12-18(24)21(11-30-12)7-9-26(10-8-21)19-17(29-3)20(28)27(13(2)25-19)15-6-4-5-14(22)16(15)23/h4-6,12,14,16,18H,7-11,24H2,1-3H3/t12-,14-,16-,18+/m0/s1. The molecule has 4 atom stereocenters. The van der Waals surface area contributed by atoms with E-state index in [2.05, 4.69) is 4.90 Å². The normalized spacial score (nSPS) is 30.6. The molecule has 1 spiro atoms. The van der Waals surface area contributed by atoms with Gasteiger partial charge in [0.2, 0.25) is 5.75 Å². The van der Waals surface area contributed by atoms with Gasteiger partial charge in [-0.2, -0.15) is 0 Å². The van der Waals surface area contributed by atoms with Crippen LogP contribution in [-0.4, -0.2) is 59.3 Å². The van der Waals surface area contributed by atoms with E-state index >= 15 is 0 Å². The number of nitrogens with zero attached hydrogens (tertiary/aromatic N) is 3.